The molecule has 0 saturated heterocycles. The van der Waals surface area contributed by atoms with E-state index in [0.717, 1.165) is 29.6 Å². The van der Waals surface area contributed by atoms with Crippen molar-refractivity contribution in [1.82, 2.24) is 10.3 Å². The Balaban J connectivity index is 1.92. The minimum atomic E-state index is -4.45. The predicted octanol–water partition coefficient (Wildman–Crippen LogP) is 2.05. The van der Waals surface area contributed by atoms with Gasteiger partial charge in [0.25, 0.3) is 0 Å². The molecule has 4 nitrogen and oxygen atoms in total. The van der Waals surface area contributed by atoms with Crippen molar-refractivity contribution in [3.63, 3.8) is 0 Å². The van der Waals surface area contributed by atoms with Crippen LogP contribution in [0.15, 0.2) is 5.38 Å². The summed E-state index contributed by atoms with van der Waals surface area (Å²) in [5.74, 6) is -0.311. The van der Waals surface area contributed by atoms with Gasteiger partial charge in [0.05, 0.1) is 12.1 Å². The minimum absolute atomic E-state index is 0.0153. The molecule has 1 amide bonds. The van der Waals surface area contributed by atoms with Gasteiger partial charge in [-0.3, -0.25) is 4.79 Å². The maximum atomic E-state index is 12.3. The number of rotatable bonds is 3. The van der Waals surface area contributed by atoms with E-state index in [0.29, 0.717) is 12.8 Å². The highest BCUT2D eigenvalue weighted by Crippen LogP contribution is 2.30. The summed E-state index contributed by atoms with van der Waals surface area (Å²) in [5, 5.41) is 3.73. The van der Waals surface area contributed by atoms with Crippen LogP contribution in [0, 0.1) is 0 Å². The SMILES string of the molecule is NC1(C(=O)NCc2nc(C(F)(F)F)cs2)CCCC1. The summed E-state index contributed by atoms with van der Waals surface area (Å²) in [6, 6.07) is 0. The molecule has 0 aliphatic heterocycles. The van der Waals surface area contributed by atoms with E-state index in [9.17, 15) is 18.0 Å². The summed E-state index contributed by atoms with van der Waals surface area (Å²) in [7, 11) is 0. The van der Waals surface area contributed by atoms with E-state index < -0.39 is 17.4 Å². The van der Waals surface area contributed by atoms with Gasteiger partial charge < -0.3 is 11.1 Å². The molecule has 19 heavy (non-hydrogen) atoms. The zero-order valence-electron chi connectivity index (χ0n) is 10.1. The molecule has 8 heteroatoms. The van der Waals surface area contributed by atoms with Gasteiger partial charge in [0, 0.05) is 5.38 Å². The molecule has 2 rings (SSSR count). The molecule has 1 aliphatic carbocycles. The van der Waals surface area contributed by atoms with E-state index >= 15 is 0 Å². The molecular formula is C11H14F3N3OS. The van der Waals surface area contributed by atoms with Crippen LogP contribution in [0.2, 0.25) is 0 Å². The van der Waals surface area contributed by atoms with Gasteiger partial charge in [-0.2, -0.15) is 13.2 Å². The highest BCUT2D eigenvalue weighted by molar-refractivity contribution is 7.09. The van der Waals surface area contributed by atoms with Crippen molar-refractivity contribution in [3.8, 4) is 0 Å². The molecule has 0 bridgehead atoms. The van der Waals surface area contributed by atoms with Crippen LogP contribution in [-0.4, -0.2) is 16.4 Å². The van der Waals surface area contributed by atoms with Crippen molar-refractivity contribution in [1.29, 1.82) is 0 Å². The van der Waals surface area contributed by atoms with Gasteiger partial charge in [0.1, 0.15) is 5.01 Å². The maximum Gasteiger partial charge on any atom is 0.434 e. The lowest BCUT2D eigenvalue weighted by molar-refractivity contribution is -0.140. The topological polar surface area (TPSA) is 68.0 Å². The molecule has 106 valence electrons. The van der Waals surface area contributed by atoms with E-state index in [1.807, 2.05) is 0 Å². The number of hydrogen-bond donors (Lipinski definition) is 2. The van der Waals surface area contributed by atoms with Crippen LogP contribution in [-0.2, 0) is 17.5 Å². The Bertz CT molecular complexity index is 466. The van der Waals surface area contributed by atoms with Gasteiger partial charge in [-0.25, -0.2) is 4.98 Å². The summed E-state index contributed by atoms with van der Waals surface area (Å²) < 4.78 is 37.0. The van der Waals surface area contributed by atoms with Crippen molar-refractivity contribution in [2.45, 2.75) is 43.9 Å². The average Bonchev–Trinajstić information content (AvgIpc) is 2.94. The second-order valence-electron chi connectivity index (χ2n) is 4.67. The average molecular weight is 293 g/mol. The molecular weight excluding hydrogens is 279 g/mol. The third-order valence-corrected chi connectivity index (χ3v) is 4.04. The zero-order chi connectivity index (χ0) is 14.1. The van der Waals surface area contributed by atoms with Crippen LogP contribution in [0.25, 0.3) is 0 Å². The molecule has 1 saturated carbocycles. The summed E-state index contributed by atoms with van der Waals surface area (Å²) in [5.41, 5.74) is 4.14. The third-order valence-electron chi connectivity index (χ3n) is 3.19. The van der Waals surface area contributed by atoms with Gasteiger partial charge in [-0.15, -0.1) is 11.3 Å². The first-order valence-electron chi connectivity index (χ1n) is 5.90. The number of carbonyl (C=O) groups is 1. The van der Waals surface area contributed by atoms with Crippen molar-refractivity contribution < 1.29 is 18.0 Å². The molecule has 1 fully saturated rings. The fraction of sp³-hybridized carbons (Fsp3) is 0.636. The van der Waals surface area contributed by atoms with Gasteiger partial charge >= 0.3 is 6.18 Å². The van der Waals surface area contributed by atoms with Crippen LogP contribution < -0.4 is 11.1 Å². The molecule has 0 aromatic carbocycles. The lowest BCUT2D eigenvalue weighted by Gasteiger charge is -2.21. The first kappa shape index (κ1) is 14.3. The number of aromatic nitrogens is 1. The normalized spacial score (nSPS) is 18.5. The fourth-order valence-corrected chi connectivity index (χ4v) is 2.83. The zero-order valence-corrected chi connectivity index (χ0v) is 10.9. The molecule has 1 heterocycles. The number of nitrogens with zero attached hydrogens (tertiary/aromatic N) is 1. The number of hydrogen-bond acceptors (Lipinski definition) is 4. The van der Waals surface area contributed by atoms with Crippen LogP contribution in [0.1, 0.15) is 36.4 Å². The highest BCUT2D eigenvalue weighted by atomic mass is 32.1. The van der Waals surface area contributed by atoms with E-state index in [1.54, 1.807) is 0 Å². The summed E-state index contributed by atoms with van der Waals surface area (Å²) >= 11 is 0.873. The smallest absolute Gasteiger partial charge is 0.348 e. The molecule has 1 aromatic rings. The monoisotopic (exact) mass is 293 g/mol. The number of nitrogens with two attached hydrogens (primary N) is 1. The molecule has 0 unspecified atom stereocenters. The number of amides is 1. The fourth-order valence-electron chi connectivity index (χ4n) is 2.09. The third kappa shape index (κ3) is 3.24. The minimum Gasteiger partial charge on any atom is -0.348 e. The Hall–Kier alpha value is -1.15. The van der Waals surface area contributed by atoms with Crippen LogP contribution >= 0.6 is 11.3 Å². The summed E-state index contributed by atoms with van der Waals surface area (Å²) in [4.78, 5) is 15.3. The van der Waals surface area contributed by atoms with Gasteiger partial charge in [-0.1, -0.05) is 12.8 Å². The van der Waals surface area contributed by atoms with Crippen molar-refractivity contribution >= 4 is 17.2 Å². The Morgan fingerprint density at radius 1 is 1.47 bits per heavy atom. The number of thiazole rings is 1. The van der Waals surface area contributed by atoms with Gasteiger partial charge in [-0.05, 0) is 12.8 Å². The number of nitrogens with one attached hydrogen (secondary N) is 1. The van der Waals surface area contributed by atoms with Crippen molar-refractivity contribution in [2.24, 2.45) is 5.73 Å². The molecule has 3 N–H and O–H groups in total. The molecule has 0 spiro atoms. The second kappa shape index (κ2) is 5.09. The number of halogens is 3. The Morgan fingerprint density at radius 3 is 2.63 bits per heavy atom. The van der Waals surface area contributed by atoms with Gasteiger partial charge in [0.2, 0.25) is 5.91 Å². The molecule has 0 atom stereocenters. The molecule has 1 aliphatic rings. The van der Waals surface area contributed by atoms with Crippen molar-refractivity contribution in [3.05, 3.63) is 16.1 Å². The Kier molecular flexibility index (Phi) is 3.82. The summed E-state index contributed by atoms with van der Waals surface area (Å²) in [6.45, 7) is -0.0153. The van der Waals surface area contributed by atoms with E-state index in [1.165, 1.54) is 0 Å². The van der Waals surface area contributed by atoms with E-state index in [-0.39, 0.29) is 17.5 Å². The Morgan fingerprint density at radius 2 is 2.11 bits per heavy atom. The van der Waals surface area contributed by atoms with Crippen molar-refractivity contribution in [2.75, 3.05) is 0 Å². The molecule has 0 radical (unpaired) electrons. The van der Waals surface area contributed by atoms with E-state index in [2.05, 4.69) is 10.3 Å². The van der Waals surface area contributed by atoms with E-state index in [4.69, 9.17) is 5.73 Å². The number of carbonyl (C=O) groups excluding carboxylic acids is 1. The lowest BCUT2D eigenvalue weighted by Crippen LogP contribution is -2.51. The predicted molar refractivity (Wildman–Crippen MR) is 64.3 cm³/mol. The second-order valence-corrected chi connectivity index (χ2v) is 5.61. The first-order chi connectivity index (χ1) is 8.81. The molecule has 1 aromatic heterocycles. The van der Waals surface area contributed by atoms with Crippen LogP contribution in [0.3, 0.4) is 0 Å². The summed E-state index contributed by atoms with van der Waals surface area (Å²) in [6.07, 6.45) is -1.41. The standard InChI is InChI=1S/C11H14F3N3OS/c12-11(13,14)7-6-19-8(17-7)5-16-9(18)10(15)3-1-2-4-10/h6H,1-5,15H2,(H,16,18). The van der Waals surface area contributed by atoms with Crippen LogP contribution in [0.4, 0.5) is 13.2 Å². The largest absolute Gasteiger partial charge is 0.434 e. The first-order valence-corrected chi connectivity index (χ1v) is 6.78. The van der Waals surface area contributed by atoms with Gasteiger partial charge in [0.15, 0.2) is 5.69 Å². The quantitative estimate of drug-likeness (QED) is 0.896. The lowest BCUT2D eigenvalue weighted by atomic mass is 9.98. The van der Waals surface area contributed by atoms with Crippen LogP contribution in [0.5, 0.6) is 0 Å². The Labute approximate surface area is 112 Å². The highest BCUT2D eigenvalue weighted by Gasteiger charge is 2.37. The number of alkyl halides is 3. The maximum absolute atomic E-state index is 12.3.